The SMILES string of the molecule is Nc1nccc2ccc(-c3cc4c(COc5ccccc5CC(=O)O)cccc4o3)cc12. The van der Waals surface area contributed by atoms with Gasteiger partial charge in [-0.15, -0.1) is 0 Å². The monoisotopic (exact) mass is 424 g/mol. The van der Waals surface area contributed by atoms with Crippen molar-refractivity contribution in [3.63, 3.8) is 0 Å². The molecule has 6 nitrogen and oxygen atoms in total. The number of ether oxygens (including phenoxy) is 1. The van der Waals surface area contributed by atoms with Crippen molar-refractivity contribution in [2.45, 2.75) is 13.0 Å². The van der Waals surface area contributed by atoms with Crippen molar-refractivity contribution in [2.75, 3.05) is 5.73 Å². The molecule has 0 saturated carbocycles. The van der Waals surface area contributed by atoms with E-state index >= 15 is 0 Å². The van der Waals surface area contributed by atoms with E-state index in [0.29, 0.717) is 23.7 Å². The van der Waals surface area contributed by atoms with Crippen LogP contribution < -0.4 is 10.5 Å². The number of carboxylic acids is 1. The Kier molecular flexibility index (Phi) is 4.95. The third-order valence-corrected chi connectivity index (χ3v) is 5.43. The zero-order chi connectivity index (χ0) is 22.1. The lowest BCUT2D eigenvalue weighted by molar-refractivity contribution is -0.136. The Morgan fingerprint density at radius 2 is 1.81 bits per heavy atom. The summed E-state index contributed by atoms with van der Waals surface area (Å²) in [5.74, 6) is 0.875. The molecule has 3 aromatic carbocycles. The van der Waals surface area contributed by atoms with Crippen molar-refractivity contribution in [3.05, 3.63) is 90.1 Å². The predicted molar refractivity (Wildman–Crippen MR) is 123 cm³/mol. The number of fused-ring (bicyclic) bond motifs is 2. The van der Waals surface area contributed by atoms with Crippen molar-refractivity contribution in [1.29, 1.82) is 0 Å². The second kappa shape index (κ2) is 8.07. The highest BCUT2D eigenvalue weighted by Crippen LogP contribution is 2.33. The van der Waals surface area contributed by atoms with Crippen molar-refractivity contribution >= 4 is 33.5 Å². The van der Waals surface area contributed by atoms with Crippen molar-refractivity contribution in [1.82, 2.24) is 4.98 Å². The molecule has 0 saturated heterocycles. The average Bonchev–Trinajstić information content (AvgIpc) is 3.23. The summed E-state index contributed by atoms with van der Waals surface area (Å²) in [5.41, 5.74) is 9.29. The lowest BCUT2D eigenvalue weighted by Gasteiger charge is -2.10. The Labute approximate surface area is 183 Å². The van der Waals surface area contributed by atoms with Crippen LogP contribution in [-0.4, -0.2) is 16.1 Å². The topological polar surface area (TPSA) is 98.6 Å². The summed E-state index contributed by atoms with van der Waals surface area (Å²) in [6, 6.07) is 22.9. The van der Waals surface area contributed by atoms with E-state index < -0.39 is 5.97 Å². The van der Waals surface area contributed by atoms with Gasteiger partial charge in [-0.05, 0) is 35.7 Å². The van der Waals surface area contributed by atoms with Gasteiger partial charge in [0.15, 0.2) is 0 Å². The molecule has 158 valence electrons. The van der Waals surface area contributed by atoms with Crippen LogP contribution >= 0.6 is 0 Å². The number of furan rings is 1. The second-order valence-corrected chi connectivity index (χ2v) is 7.54. The fourth-order valence-corrected chi connectivity index (χ4v) is 3.84. The number of para-hydroxylation sites is 1. The van der Waals surface area contributed by atoms with Gasteiger partial charge in [0, 0.05) is 33.7 Å². The number of pyridine rings is 1. The smallest absolute Gasteiger partial charge is 0.307 e. The molecule has 5 aromatic rings. The van der Waals surface area contributed by atoms with E-state index in [-0.39, 0.29) is 6.42 Å². The van der Waals surface area contributed by atoms with Gasteiger partial charge in [-0.2, -0.15) is 0 Å². The fourth-order valence-electron chi connectivity index (χ4n) is 3.84. The highest BCUT2D eigenvalue weighted by atomic mass is 16.5. The molecule has 32 heavy (non-hydrogen) atoms. The van der Waals surface area contributed by atoms with Gasteiger partial charge in [0.1, 0.15) is 29.5 Å². The number of anilines is 1. The number of benzene rings is 3. The molecule has 0 fully saturated rings. The molecule has 0 aliphatic carbocycles. The highest BCUT2D eigenvalue weighted by molar-refractivity contribution is 5.95. The minimum atomic E-state index is -0.895. The van der Waals surface area contributed by atoms with Crippen LogP contribution in [0.2, 0.25) is 0 Å². The summed E-state index contributed by atoms with van der Waals surface area (Å²) in [6.07, 6.45) is 1.61. The average molecular weight is 424 g/mol. The lowest BCUT2D eigenvalue weighted by atomic mass is 10.1. The molecule has 3 N–H and O–H groups in total. The van der Waals surface area contributed by atoms with Gasteiger partial charge in [-0.1, -0.05) is 42.5 Å². The summed E-state index contributed by atoms with van der Waals surface area (Å²) in [6.45, 7) is 0.293. The molecule has 0 aliphatic rings. The van der Waals surface area contributed by atoms with Gasteiger partial charge in [0.05, 0.1) is 6.42 Å². The summed E-state index contributed by atoms with van der Waals surface area (Å²) in [4.78, 5) is 15.3. The molecule has 0 aliphatic heterocycles. The van der Waals surface area contributed by atoms with Gasteiger partial charge in [0.25, 0.3) is 0 Å². The Morgan fingerprint density at radius 3 is 2.69 bits per heavy atom. The number of carbonyl (C=O) groups is 1. The first-order valence-corrected chi connectivity index (χ1v) is 10.2. The number of hydrogen-bond donors (Lipinski definition) is 2. The van der Waals surface area contributed by atoms with E-state index in [2.05, 4.69) is 4.98 Å². The first kappa shape index (κ1) is 19.6. The summed E-state index contributed by atoms with van der Waals surface area (Å²) in [7, 11) is 0. The number of nitrogen functional groups attached to an aromatic ring is 1. The lowest BCUT2D eigenvalue weighted by Crippen LogP contribution is -2.04. The van der Waals surface area contributed by atoms with Crippen molar-refractivity contribution in [3.8, 4) is 17.1 Å². The minimum absolute atomic E-state index is 0.0871. The molecule has 0 amide bonds. The third-order valence-electron chi connectivity index (χ3n) is 5.43. The maximum atomic E-state index is 11.1. The van der Waals surface area contributed by atoms with Crippen LogP contribution in [0.15, 0.2) is 83.4 Å². The molecular weight excluding hydrogens is 404 g/mol. The van der Waals surface area contributed by atoms with Gasteiger partial charge in [-0.3, -0.25) is 4.79 Å². The molecule has 5 rings (SSSR count). The standard InChI is InChI=1S/C26H20N2O4/c27-26-21-12-18(9-8-16(21)10-11-28-26)24-14-20-19(5-3-7-23(20)32-24)15-31-22-6-2-1-4-17(22)13-25(29)30/h1-12,14H,13,15H2,(H2,27,28)(H,29,30). The minimum Gasteiger partial charge on any atom is -0.489 e. The van der Waals surface area contributed by atoms with E-state index in [0.717, 1.165) is 38.6 Å². The summed E-state index contributed by atoms with van der Waals surface area (Å²) >= 11 is 0. The summed E-state index contributed by atoms with van der Waals surface area (Å²) < 4.78 is 12.1. The van der Waals surface area contributed by atoms with E-state index in [9.17, 15) is 4.79 Å². The van der Waals surface area contributed by atoms with Gasteiger partial charge in [0.2, 0.25) is 0 Å². The maximum absolute atomic E-state index is 11.1. The highest BCUT2D eigenvalue weighted by Gasteiger charge is 2.13. The molecule has 2 heterocycles. The Morgan fingerprint density at radius 1 is 0.969 bits per heavy atom. The number of nitrogens with zero attached hydrogens (tertiary/aromatic N) is 1. The number of aromatic nitrogens is 1. The van der Waals surface area contributed by atoms with Crippen LogP contribution in [0.3, 0.4) is 0 Å². The van der Waals surface area contributed by atoms with Crippen LogP contribution in [0, 0.1) is 0 Å². The zero-order valence-corrected chi connectivity index (χ0v) is 17.1. The second-order valence-electron chi connectivity index (χ2n) is 7.54. The Hall–Kier alpha value is -4.32. The molecule has 0 spiro atoms. The summed E-state index contributed by atoms with van der Waals surface area (Å²) in [5, 5.41) is 12.0. The normalized spacial score (nSPS) is 11.1. The number of rotatable bonds is 6. The molecule has 2 aromatic heterocycles. The number of aliphatic carboxylic acids is 1. The van der Waals surface area contributed by atoms with Crippen LogP contribution in [-0.2, 0) is 17.8 Å². The van der Waals surface area contributed by atoms with Crippen LogP contribution in [0.5, 0.6) is 5.75 Å². The third kappa shape index (κ3) is 3.74. The van der Waals surface area contributed by atoms with E-state index in [4.69, 9.17) is 20.0 Å². The number of hydrogen-bond acceptors (Lipinski definition) is 5. The largest absolute Gasteiger partial charge is 0.489 e. The fraction of sp³-hybridized carbons (Fsp3) is 0.0769. The quantitative estimate of drug-likeness (QED) is 0.377. The van der Waals surface area contributed by atoms with Crippen LogP contribution in [0.25, 0.3) is 33.1 Å². The van der Waals surface area contributed by atoms with Crippen LogP contribution in [0.4, 0.5) is 5.82 Å². The Bertz CT molecular complexity index is 1460. The zero-order valence-electron chi connectivity index (χ0n) is 17.1. The number of nitrogens with two attached hydrogens (primary N) is 1. The maximum Gasteiger partial charge on any atom is 0.307 e. The molecule has 0 bridgehead atoms. The molecular formula is C26H20N2O4. The molecule has 0 unspecified atom stereocenters. The van der Waals surface area contributed by atoms with Gasteiger partial charge < -0.3 is 20.0 Å². The van der Waals surface area contributed by atoms with Gasteiger partial charge in [-0.25, -0.2) is 4.98 Å². The molecule has 0 atom stereocenters. The van der Waals surface area contributed by atoms with E-state index in [1.807, 2.05) is 54.6 Å². The number of carboxylic acid groups (broad SMARTS) is 1. The van der Waals surface area contributed by atoms with Crippen molar-refractivity contribution in [2.24, 2.45) is 0 Å². The van der Waals surface area contributed by atoms with Gasteiger partial charge >= 0.3 is 5.97 Å². The molecule has 6 heteroatoms. The first-order valence-electron chi connectivity index (χ1n) is 10.2. The van der Waals surface area contributed by atoms with E-state index in [1.165, 1.54) is 0 Å². The molecule has 0 radical (unpaired) electrons. The van der Waals surface area contributed by atoms with E-state index in [1.54, 1.807) is 24.4 Å². The van der Waals surface area contributed by atoms with Crippen molar-refractivity contribution < 1.29 is 19.1 Å². The van der Waals surface area contributed by atoms with Crippen LogP contribution in [0.1, 0.15) is 11.1 Å². The Balaban J connectivity index is 1.47. The first-order chi connectivity index (χ1) is 15.6. The predicted octanol–water partition coefficient (Wildman–Crippen LogP) is 5.44.